The third-order valence-corrected chi connectivity index (χ3v) is 8.88. The molecule has 1 saturated carbocycles. The van der Waals surface area contributed by atoms with E-state index >= 15 is 0 Å². The first-order chi connectivity index (χ1) is 21.8. The second kappa shape index (κ2) is 14.3. The largest absolute Gasteiger partial charge is 0.444 e. The summed E-state index contributed by atoms with van der Waals surface area (Å²) in [6.07, 6.45) is -4.02. The topological polar surface area (TPSA) is 129 Å². The third-order valence-electron chi connectivity index (χ3n) is 7.19. The Morgan fingerprint density at radius 2 is 1.66 bits per heavy atom. The number of nitrogens with zero attached hydrogens (tertiary/aromatic N) is 2. The normalized spacial score (nSPS) is 17.2. The van der Waals surface area contributed by atoms with Gasteiger partial charge in [-0.2, -0.15) is 26.7 Å². The monoisotopic (exact) mass is 718 g/mol. The van der Waals surface area contributed by atoms with Gasteiger partial charge >= 0.3 is 22.4 Å². The standard InChI is InChI=1S/C31H35Cl2F3N4O6S/c1-18-26(28(41)37-21-6-5-7-22(17-21)38-29(42)45-30(2,3)4)39-40(25-13-10-20(32)16-24(25)33)27(18)19-8-11-23(12-9-19)46-47(43,44)15-14-31(34,35)36/h8-13,16,21-22H,5-7,14-15,17H2,1-4H3,(H,37,41)(H,38,42)/t21-,22+/m1/s1. The van der Waals surface area contributed by atoms with E-state index in [1.807, 2.05) is 0 Å². The van der Waals surface area contributed by atoms with E-state index < -0.39 is 46.1 Å². The molecule has 10 nitrogen and oxygen atoms in total. The van der Waals surface area contributed by atoms with Gasteiger partial charge in [-0.15, -0.1) is 0 Å². The van der Waals surface area contributed by atoms with E-state index in [9.17, 15) is 31.2 Å². The predicted octanol–water partition coefficient (Wildman–Crippen LogP) is 7.38. The molecule has 4 rings (SSSR count). The zero-order chi connectivity index (χ0) is 34.7. The van der Waals surface area contributed by atoms with Gasteiger partial charge in [-0.25, -0.2) is 9.48 Å². The highest BCUT2D eigenvalue weighted by molar-refractivity contribution is 7.87. The zero-order valence-electron chi connectivity index (χ0n) is 26.1. The zero-order valence-corrected chi connectivity index (χ0v) is 28.4. The molecule has 1 fully saturated rings. The lowest BCUT2D eigenvalue weighted by Crippen LogP contribution is -2.47. The van der Waals surface area contributed by atoms with Crippen molar-refractivity contribution in [3.8, 4) is 22.7 Å². The van der Waals surface area contributed by atoms with Gasteiger partial charge in [0.05, 0.1) is 28.6 Å². The van der Waals surface area contributed by atoms with Gasteiger partial charge in [-0.3, -0.25) is 4.79 Å². The van der Waals surface area contributed by atoms with Crippen LogP contribution in [0.1, 0.15) is 68.9 Å². The molecule has 16 heteroatoms. The molecular formula is C31H35Cl2F3N4O6S. The number of nitrogens with one attached hydrogen (secondary N) is 2. The Hall–Kier alpha value is -3.49. The van der Waals surface area contributed by atoms with Crippen molar-refractivity contribution >= 4 is 45.3 Å². The molecule has 1 aliphatic rings. The number of rotatable bonds is 9. The second-order valence-electron chi connectivity index (χ2n) is 12.2. The lowest BCUT2D eigenvalue weighted by Gasteiger charge is -2.31. The SMILES string of the molecule is Cc1c(C(=O)N[C@@H]2CCC[C@H](NC(=O)OC(C)(C)C)C2)nn(-c2ccc(Cl)cc2Cl)c1-c1ccc(OS(=O)(=O)CCC(F)(F)F)cc1. The Balaban J connectivity index is 1.60. The molecule has 0 aliphatic heterocycles. The van der Waals surface area contributed by atoms with Crippen molar-refractivity contribution < 1.29 is 40.1 Å². The fourth-order valence-corrected chi connectivity index (χ4v) is 6.61. The van der Waals surface area contributed by atoms with Crippen LogP contribution in [0.25, 0.3) is 16.9 Å². The molecule has 2 amide bonds. The van der Waals surface area contributed by atoms with E-state index in [1.165, 1.54) is 35.0 Å². The van der Waals surface area contributed by atoms with Gasteiger partial charge in [0, 0.05) is 28.2 Å². The number of hydrogen-bond acceptors (Lipinski definition) is 7. The van der Waals surface area contributed by atoms with Crippen molar-refractivity contribution in [2.45, 2.75) is 83.7 Å². The first-order valence-corrected chi connectivity index (χ1v) is 17.1. The maximum Gasteiger partial charge on any atom is 0.407 e. The number of amides is 2. The van der Waals surface area contributed by atoms with Gasteiger partial charge in [0.25, 0.3) is 5.91 Å². The number of alkyl carbamates (subject to hydrolysis) is 1. The lowest BCUT2D eigenvalue weighted by atomic mass is 9.91. The van der Waals surface area contributed by atoms with E-state index in [-0.39, 0.29) is 28.5 Å². The van der Waals surface area contributed by atoms with E-state index in [0.29, 0.717) is 40.4 Å². The summed E-state index contributed by atoms with van der Waals surface area (Å²) >= 11 is 12.6. The van der Waals surface area contributed by atoms with Crippen LogP contribution in [0.2, 0.25) is 10.0 Å². The summed E-state index contributed by atoms with van der Waals surface area (Å²) in [6.45, 7) is 7.02. The highest BCUT2D eigenvalue weighted by Gasteiger charge is 2.31. The number of ether oxygens (including phenoxy) is 1. The molecular weight excluding hydrogens is 684 g/mol. The highest BCUT2D eigenvalue weighted by Crippen LogP contribution is 2.34. The number of alkyl halides is 3. The van der Waals surface area contributed by atoms with Gasteiger partial charge < -0.3 is 19.6 Å². The molecule has 0 unspecified atom stereocenters. The molecule has 0 radical (unpaired) electrons. The van der Waals surface area contributed by atoms with Crippen molar-refractivity contribution in [3.63, 3.8) is 0 Å². The minimum atomic E-state index is -4.65. The molecule has 1 heterocycles. The Labute approximate surface area is 281 Å². The average Bonchev–Trinajstić information content (AvgIpc) is 3.28. The number of carbonyl (C=O) groups excluding carboxylic acids is 2. The second-order valence-corrected chi connectivity index (χ2v) is 14.8. The number of halogens is 5. The Bertz CT molecular complexity index is 1720. The van der Waals surface area contributed by atoms with Gasteiger partial charge in [-0.05, 0) is 95.8 Å². The number of carbonyl (C=O) groups is 2. The molecule has 2 N–H and O–H groups in total. The molecule has 1 aromatic heterocycles. The van der Waals surface area contributed by atoms with Gasteiger partial charge in [-0.1, -0.05) is 23.2 Å². The van der Waals surface area contributed by atoms with Crippen molar-refractivity contribution in [1.29, 1.82) is 0 Å². The molecule has 47 heavy (non-hydrogen) atoms. The van der Waals surface area contributed by atoms with Crippen LogP contribution in [-0.2, 0) is 14.9 Å². The summed E-state index contributed by atoms with van der Waals surface area (Å²) in [4.78, 5) is 25.9. The van der Waals surface area contributed by atoms with Crippen molar-refractivity contribution in [2.75, 3.05) is 5.75 Å². The average molecular weight is 720 g/mol. The van der Waals surface area contributed by atoms with Crippen LogP contribution in [-0.4, -0.2) is 59.8 Å². The Kier molecular flexibility index (Phi) is 11.1. The molecule has 2 aromatic carbocycles. The summed E-state index contributed by atoms with van der Waals surface area (Å²) in [5.74, 6) is -1.86. The number of benzene rings is 2. The van der Waals surface area contributed by atoms with Crippen LogP contribution in [0.15, 0.2) is 42.5 Å². The lowest BCUT2D eigenvalue weighted by molar-refractivity contribution is -0.130. The van der Waals surface area contributed by atoms with Crippen LogP contribution >= 0.6 is 23.2 Å². The van der Waals surface area contributed by atoms with Gasteiger partial charge in [0.1, 0.15) is 11.4 Å². The van der Waals surface area contributed by atoms with E-state index in [4.69, 9.17) is 32.1 Å². The molecule has 0 spiro atoms. The summed E-state index contributed by atoms with van der Waals surface area (Å²) in [5, 5.41) is 11.1. The summed E-state index contributed by atoms with van der Waals surface area (Å²) < 4.78 is 73.5. The Morgan fingerprint density at radius 1 is 1.02 bits per heavy atom. The highest BCUT2D eigenvalue weighted by atomic mass is 35.5. The minimum Gasteiger partial charge on any atom is -0.444 e. The molecule has 0 bridgehead atoms. The van der Waals surface area contributed by atoms with Gasteiger partial charge in [0.2, 0.25) is 0 Å². The smallest absolute Gasteiger partial charge is 0.407 e. The van der Waals surface area contributed by atoms with Crippen molar-refractivity contribution in [3.05, 3.63) is 63.8 Å². The number of aromatic nitrogens is 2. The maximum atomic E-state index is 13.6. The summed E-state index contributed by atoms with van der Waals surface area (Å²) in [5.41, 5.74) is 1.26. The van der Waals surface area contributed by atoms with Crippen molar-refractivity contribution in [1.82, 2.24) is 20.4 Å². The predicted molar refractivity (Wildman–Crippen MR) is 172 cm³/mol. The van der Waals surface area contributed by atoms with Gasteiger partial charge in [0.15, 0.2) is 5.69 Å². The first-order valence-electron chi connectivity index (χ1n) is 14.7. The first kappa shape index (κ1) is 36.3. The van der Waals surface area contributed by atoms with Crippen LogP contribution in [0.4, 0.5) is 18.0 Å². The van der Waals surface area contributed by atoms with Crippen LogP contribution in [0.3, 0.4) is 0 Å². The fraction of sp³-hybridized carbons (Fsp3) is 0.452. The molecule has 1 aliphatic carbocycles. The molecule has 2 atom stereocenters. The molecule has 0 saturated heterocycles. The Morgan fingerprint density at radius 3 is 2.26 bits per heavy atom. The van der Waals surface area contributed by atoms with E-state index in [0.717, 1.165) is 12.8 Å². The quantitative estimate of drug-likeness (QED) is 0.221. The summed E-state index contributed by atoms with van der Waals surface area (Å²) in [7, 11) is -4.51. The fourth-order valence-electron chi connectivity index (χ4n) is 5.16. The van der Waals surface area contributed by atoms with Crippen LogP contribution in [0, 0.1) is 6.92 Å². The summed E-state index contributed by atoms with van der Waals surface area (Å²) in [6, 6.07) is 9.88. The van der Waals surface area contributed by atoms with Crippen LogP contribution < -0.4 is 14.8 Å². The maximum absolute atomic E-state index is 13.6. The molecule has 3 aromatic rings. The minimum absolute atomic E-state index is 0.100. The van der Waals surface area contributed by atoms with Crippen LogP contribution in [0.5, 0.6) is 5.75 Å². The third kappa shape index (κ3) is 10.2. The number of hydrogen-bond donors (Lipinski definition) is 2. The molecule has 256 valence electrons. The van der Waals surface area contributed by atoms with Crippen molar-refractivity contribution in [2.24, 2.45) is 0 Å². The van der Waals surface area contributed by atoms with E-state index in [2.05, 4.69) is 15.7 Å². The van der Waals surface area contributed by atoms with E-state index in [1.54, 1.807) is 39.8 Å².